The number of hydrogen-bond donors (Lipinski definition) is 2. The van der Waals surface area contributed by atoms with Gasteiger partial charge in [0, 0.05) is 17.4 Å². The van der Waals surface area contributed by atoms with E-state index < -0.39 is 5.91 Å². The molecule has 0 unspecified atom stereocenters. The van der Waals surface area contributed by atoms with Crippen molar-refractivity contribution in [3.05, 3.63) is 108 Å². The SMILES string of the molecule is O=C(NO)c1cccc(N2CC(Oc3ccc(COc4cccnc4)cc3)C2)c1-c1ccccc1. The van der Waals surface area contributed by atoms with Crippen LogP contribution in [0.3, 0.4) is 0 Å². The normalized spacial score (nSPS) is 13.1. The molecule has 176 valence electrons. The highest BCUT2D eigenvalue weighted by Crippen LogP contribution is 2.37. The highest BCUT2D eigenvalue weighted by atomic mass is 16.5. The molecule has 1 fully saturated rings. The Balaban J connectivity index is 1.24. The minimum absolute atomic E-state index is 0.0337. The second-order valence-electron chi connectivity index (χ2n) is 8.27. The van der Waals surface area contributed by atoms with Gasteiger partial charge in [-0.3, -0.25) is 15.0 Å². The zero-order valence-corrected chi connectivity index (χ0v) is 19.0. The molecule has 1 aromatic heterocycles. The molecule has 0 radical (unpaired) electrons. The minimum atomic E-state index is -0.536. The molecule has 35 heavy (non-hydrogen) atoms. The molecule has 1 aliphatic rings. The fraction of sp³-hybridized carbons (Fsp3) is 0.143. The monoisotopic (exact) mass is 467 g/mol. The van der Waals surface area contributed by atoms with Crippen LogP contribution in [-0.4, -0.2) is 35.3 Å². The number of hydroxylamine groups is 1. The van der Waals surface area contributed by atoms with Gasteiger partial charge in [-0.05, 0) is 47.5 Å². The molecule has 2 heterocycles. The first-order chi connectivity index (χ1) is 17.2. The van der Waals surface area contributed by atoms with Gasteiger partial charge >= 0.3 is 0 Å². The Bertz CT molecular complexity index is 1270. The average molecular weight is 468 g/mol. The van der Waals surface area contributed by atoms with Crippen LogP contribution in [0.1, 0.15) is 15.9 Å². The van der Waals surface area contributed by atoms with Crippen LogP contribution in [0, 0.1) is 0 Å². The molecule has 0 atom stereocenters. The van der Waals surface area contributed by atoms with E-state index in [-0.39, 0.29) is 6.10 Å². The number of carbonyl (C=O) groups is 1. The summed E-state index contributed by atoms with van der Waals surface area (Å²) < 4.78 is 11.9. The molecule has 1 saturated heterocycles. The Morgan fingerprint density at radius 3 is 2.46 bits per heavy atom. The van der Waals surface area contributed by atoms with E-state index in [1.165, 1.54) is 0 Å². The number of ether oxygens (including phenoxy) is 2. The summed E-state index contributed by atoms with van der Waals surface area (Å²) in [6.07, 6.45) is 3.44. The van der Waals surface area contributed by atoms with E-state index >= 15 is 0 Å². The quantitative estimate of drug-likeness (QED) is 0.288. The Morgan fingerprint density at radius 2 is 1.74 bits per heavy atom. The molecular formula is C28H25N3O4. The Kier molecular flexibility index (Phi) is 6.59. The first kappa shape index (κ1) is 22.4. The lowest BCUT2D eigenvalue weighted by molar-refractivity contribution is 0.0707. The maximum Gasteiger partial charge on any atom is 0.275 e. The molecule has 0 spiro atoms. The Labute approximate surface area is 203 Å². The first-order valence-corrected chi connectivity index (χ1v) is 11.4. The van der Waals surface area contributed by atoms with Gasteiger partial charge in [-0.25, -0.2) is 5.48 Å². The average Bonchev–Trinajstić information content (AvgIpc) is 2.90. The van der Waals surface area contributed by atoms with Gasteiger partial charge < -0.3 is 14.4 Å². The maximum absolute atomic E-state index is 12.3. The maximum atomic E-state index is 12.3. The van der Waals surface area contributed by atoms with Crippen LogP contribution in [0.4, 0.5) is 5.69 Å². The van der Waals surface area contributed by atoms with Crippen LogP contribution in [0.2, 0.25) is 0 Å². The van der Waals surface area contributed by atoms with Gasteiger partial charge in [0.15, 0.2) is 0 Å². The molecule has 2 N–H and O–H groups in total. The van der Waals surface area contributed by atoms with Crippen molar-refractivity contribution in [3.8, 4) is 22.6 Å². The molecule has 5 rings (SSSR count). The fourth-order valence-corrected chi connectivity index (χ4v) is 4.13. The number of hydrogen-bond acceptors (Lipinski definition) is 6. The van der Waals surface area contributed by atoms with E-state index in [1.54, 1.807) is 23.9 Å². The van der Waals surface area contributed by atoms with Crippen molar-refractivity contribution in [2.75, 3.05) is 18.0 Å². The van der Waals surface area contributed by atoms with Crippen LogP contribution in [0.25, 0.3) is 11.1 Å². The van der Waals surface area contributed by atoms with Crippen LogP contribution >= 0.6 is 0 Å². The van der Waals surface area contributed by atoms with Gasteiger partial charge in [-0.1, -0.05) is 48.5 Å². The zero-order chi connectivity index (χ0) is 24.0. The Hall–Kier alpha value is -4.36. The van der Waals surface area contributed by atoms with E-state index in [9.17, 15) is 10.0 Å². The number of nitrogens with one attached hydrogen (secondary N) is 1. The summed E-state index contributed by atoms with van der Waals surface area (Å²) in [5.41, 5.74) is 5.86. The van der Waals surface area contributed by atoms with Gasteiger partial charge in [-0.15, -0.1) is 0 Å². The van der Waals surface area contributed by atoms with Gasteiger partial charge in [0.2, 0.25) is 0 Å². The summed E-state index contributed by atoms with van der Waals surface area (Å²) in [6.45, 7) is 1.84. The number of benzene rings is 3. The van der Waals surface area contributed by atoms with Crippen LogP contribution in [0.5, 0.6) is 11.5 Å². The van der Waals surface area contributed by atoms with Crippen molar-refractivity contribution >= 4 is 11.6 Å². The van der Waals surface area contributed by atoms with Crippen LogP contribution < -0.4 is 19.9 Å². The number of aromatic nitrogens is 1. The molecule has 1 aliphatic heterocycles. The van der Waals surface area contributed by atoms with Gasteiger partial charge in [-0.2, -0.15) is 0 Å². The van der Waals surface area contributed by atoms with Crippen molar-refractivity contribution < 1.29 is 19.5 Å². The number of pyridine rings is 1. The highest BCUT2D eigenvalue weighted by molar-refractivity contribution is 6.03. The third-order valence-corrected chi connectivity index (χ3v) is 5.91. The largest absolute Gasteiger partial charge is 0.487 e. The molecule has 1 amide bonds. The summed E-state index contributed by atoms with van der Waals surface area (Å²) in [5, 5.41) is 9.23. The molecule has 0 bridgehead atoms. The number of rotatable bonds is 8. The first-order valence-electron chi connectivity index (χ1n) is 11.4. The second kappa shape index (κ2) is 10.3. The van der Waals surface area contributed by atoms with Crippen molar-refractivity contribution in [1.82, 2.24) is 10.5 Å². The topological polar surface area (TPSA) is 83.9 Å². The molecular weight excluding hydrogens is 442 g/mol. The molecule has 0 saturated carbocycles. The van der Waals surface area contributed by atoms with E-state index in [4.69, 9.17) is 9.47 Å². The summed E-state index contributed by atoms with van der Waals surface area (Å²) >= 11 is 0. The van der Waals surface area contributed by atoms with E-state index in [0.717, 1.165) is 33.9 Å². The van der Waals surface area contributed by atoms with Crippen LogP contribution in [-0.2, 0) is 6.61 Å². The lowest BCUT2D eigenvalue weighted by Crippen LogP contribution is -2.54. The minimum Gasteiger partial charge on any atom is -0.487 e. The fourth-order valence-electron chi connectivity index (χ4n) is 4.13. The number of anilines is 1. The molecule has 0 aliphatic carbocycles. The highest BCUT2D eigenvalue weighted by Gasteiger charge is 2.31. The molecule has 7 nitrogen and oxygen atoms in total. The zero-order valence-electron chi connectivity index (χ0n) is 19.0. The van der Waals surface area contributed by atoms with Gasteiger partial charge in [0.25, 0.3) is 5.91 Å². The third-order valence-electron chi connectivity index (χ3n) is 5.91. The number of amides is 1. The molecule has 7 heteroatoms. The van der Waals surface area contributed by atoms with Crippen molar-refractivity contribution in [2.24, 2.45) is 0 Å². The summed E-state index contributed by atoms with van der Waals surface area (Å²) in [6, 6.07) is 26.8. The van der Waals surface area contributed by atoms with Gasteiger partial charge in [0.1, 0.15) is 24.2 Å². The van der Waals surface area contributed by atoms with Crippen molar-refractivity contribution in [3.63, 3.8) is 0 Å². The van der Waals surface area contributed by atoms with Crippen molar-refractivity contribution in [1.29, 1.82) is 0 Å². The van der Waals surface area contributed by atoms with E-state index in [2.05, 4.69) is 9.88 Å². The molecule has 4 aromatic rings. The number of carbonyl (C=O) groups excluding carboxylic acids is 1. The van der Waals surface area contributed by atoms with Crippen LogP contribution in [0.15, 0.2) is 97.3 Å². The van der Waals surface area contributed by atoms with Gasteiger partial charge in [0.05, 0.1) is 24.8 Å². The standard InChI is InChI=1S/C28H25N3O4/c32-28(30-33)25-9-4-10-26(27(25)21-6-2-1-3-7-21)31-17-24(18-31)35-22-13-11-20(12-14-22)19-34-23-8-5-15-29-16-23/h1-16,24,33H,17-19H2,(H,30,32). The summed E-state index contributed by atoms with van der Waals surface area (Å²) in [4.78, 5) is 18.6. The van der Waals surface area contributed by atoms with E-state index in [1.807, 2.05) is 78.9 Å². The van der Waals surface area contributed by atoms with Crippen molar-refractivity contribution in [2.45, 2.75) is 12.7 Å². The molecule has 3 aromatic carbocycles. The predicted molar refractivity (Wildman–Crippen MR) is 133 cm³/mol. The predicted octanol–water partition coefficient (Wildman–Crippen LogP) is 4.71. The summed E-state index contributed by atoms with van der Waals surface area (Å²) in [7, 11) is 0. The second-order valence-corrected chi connectivity index (χ2v) is 8.27. The summed E-state index contributed by atoms with van der Waals surface area (Å²) in [5.74, 6) is 1.00. The lowest BCUT2D eigenvalue weighted by Gasteiger charge is -2.42. The third kappa shape index (κ3) is 5.10. The number of nitrogens with zero attached hydrogens (tertiary/aromatic N) is 2. The Morgan fingerprint density at radius 1 is 0.943 bits per heavy atom. The smallest absolute Gasteiger partial charge is 0.275 e. The lowest BCUT2D eigenvalue weighted by atomic mass is 9.95. The van der Waals surface area contributed by atoms with E-state index in [0.29, 0.717) is 25.3 Å².